The number of rotatable bonds is 4. The summed E-state index contributed by atoms with van der Waals surface area (Å²) in [4.78, 5) is 23.4. The van der Waals surface area contributed by atoms with Gasteiger partial charge in [0.15, 0.2) is 11.6 Å². The summed E-state index contributed by atoms with van der Waals surface area (Å²) in [6.07, 6.45) is 1.54. The van der Waals surface area contributed by atoms with Crippen LogP contribution < -0.4 is 0 Å². The number of carbonyl (C=O) groups is 1. The first-order valence-corrected chi connectivity index (χ1v) is 6.40. The van der Waals surface area contributed by atoms with Crippen LogP contribution in [0.15, 0.2) is 12.1 Å². The summed E-state index contributed by atoms with van der Waals surface area (Å²) >= 11 is 0. The van der Waals surface area contributed by atoms with Gasteiger partial charge in [-0.05, 0) is 18.9 Å². The normalized spacial score (nSPS) is 17.8. The summed E-state index contributed by atoms with van der Waals surface area (Å²) in [5, 5.41) is 10.9. The molecule has 0 aromatic heterocycles. The Bertz CT molecular complexity index is 574. The van der Waals surface area contributed by atoms with Gasteiger partial charge in [0.05, 0.1) is 17.1 Å². The third-order valence-electron chi connectivity index (χ3n) is 3.31. The van der Waals surface area contributed by atoms with Crippen LogP contribution in [0.2, 0.25) is 0 Å². The zero-order valence-electron chi connectivity index (χ0n) is 11.3. The van der Waals surface area contributed by atoms with Crippen molar-refractivity contribution >= 4 is 11.6 Å². The van der Waals surface area contributed by atoms with Gasteiger partial charge in [-0.1, -0.05) is 0 Å². The molecule has 1 atom stereocenters. The van der Waals surface area contributed by atoms with Crippen molar-refractivity contribution in [2.75, 3.05) is 20.2 Å². The molecule has 1 aromatic rings. The SMILES string of the molecule is CN(CC1CCCO1)C(=O)c1cc(F)c(F)cc1[N+](=O)[O-]. The van der Waals surface area contributed by atoms with E-state index in [1.807, 2.05) is 0 Å². The molecule has 1 fully saturated rings. The van der Waals surface area contributed by atoms with Gasteiger partial charge in [0.1, 0.15) is 5.56 Å². The van der Waals surface area contributed by atoms with Crippen LogP contribution in [0, 0.1) is 21.7 Å². The van der Waals surface area contributed by atoms with E-state index in [4.69, 9.17) is 4.74 Å². The molecule has 1 unspecified atom stereocenters. The molecule has 0 bridgehead atoms. The average Bonchev–Trinajstić information content (AvgIpc) is 2.93. The molecule has 1 amide bonds. The van der Waals surface area contributed by atoms with Crippen molar-refractivity contribution in [2.45, 2.75) is 18.9 Å². The Morgan fingerprint density at radius 2 is 2.14 bits per heavy atom. The number of nitrogens with zero attached hydrogens (tertiary/aromatic N) is 2. The van der Waals surface area contributed by atoms with Crippen LogP contribution in [-0.4, -0.2) is 42.0 Å². The number of halogens is 2. The topological polar surface area (TPSA) is 72.7 Å². The highest BCUT2D eigenvalue weighted by Gasteiger charge is 2.28. The zero-order valence-corrected chi connectivity index (χ0v) is 11.3. The van der Waals surface area contributed by atoms with E-state index in [2.05, 4.69) is 0 Å². The summed E-state index contributed by atoms with van der Waals surface area (Å²) < 4.78 is 31.7. The number of hydrogen-bond donors (Lipinski definition) is 0. The van der Waals surface area contributed by atoms with Crippen LogP contribution in [0.1, 0.15) is 23.2 Å². The number of ether oxygens (including phenoxy) is 1. The molecule has 8 heteroatoms. The van der Waals surface area contributed by atoms with E-state index < -0.39 is 33.7 Å². The predicted molar refractivity (Wildman–Crippen MR) is 68.9 cm³/mol. The molecule has 1 aliphatic heterocycles. The Balaban J connectivity index is 2.24. The largest absolute Gasteiger partial charge is 0.376 e. The fourth-order valence-corrected chi connectivity index (χ4v) is 2.24. The second kappa shape index (κ2) is 6.13. The summed E-state index contributed by atoms with van der Waals surface area (Å²) in [5.74, 6) is -3.40. The minimum absolute atomic E-state index is 0.136. The van der Waals surface area contributed by atoms with Gasteiger partial charge >= 0.3 is 0 Å². The van der Waals surface area contributed by atoms with Gasteiger partial charge in [0.25, 0.3) is 11.6 Å². The maximum absolute atomic E-state index is 13.3. The first-order chi connectivity index (χ1) is 9.90. The summed E-state index contributed by atoms with van der Waals surface area (Å²) in [7, 11) is 1.44. The van der Waals surface area contributed by atoms with Crippen molar-refractivity contribution in [3.63, 3.8) is 0 Å². The van der Waals surface area contributed by atoms with Gasteiger partial charge in [0.2, 0.25) is 0 Å². The Labute approximate surface area is 119 Å². The number of amides is 1. The van der Waals surface area contributed by atoms with Gasteiger partial charge in [-0.2, -0.15) is 0 Å². The lowest BCUT2D eigenvalue weighted by Gasteiger charge is -2.20. The van der Waals surface area contributed by atoms with E-state index in [9.17, 15) is 23.7 Å². The van der Waals surface area contributed by atoms with Crippen LogP contribution in [0.5, 0.6) is 0 Å². The van der Waals surface area contributed by atoms with Gasteiger partial charge in [-0.25, -0.2) is 8.78 Å². The molecular weight excluding hydrogens is 286 g/mol. The minimum Gasteiger partial charge on any atom is -0.376 e. The van der Waals surface area contributed by atoms with Crippen LogP contribution >= 0.6 is 0 Å². The number of carbonyl (C=O) groups excluding carboxylic acids is 1. The summed E-state index contributed by atoms with van der Waals surface area (Å²) in [6.45, 7) is 0.854. The fraction of sp³-hybridized carbons (Fsp3) is 0.462. The number of nitro benzene ring substituents is 1. The third kappa shape index (κ3) is 3.33. The zero-order chi connectivity index (χ0) is 15.6. The molecule has 2 rings (SSSR count). The molecule has 21 heavy (non-hydrogen) atoms. The molecule has 1 aromatic carbocycles. The minimum atomic E-state index is -1.36. The van der Waals surface area contributed by atoms with Crippen LogP contribution in [0.3, 0.4) is 0 Å². The molecule has 1 heterocycles. The van der Waals surface area contributed by atoms with Gasteiger partial charge < -0.3 is 9.64 Å². The molecule has 114 valence electrons. The van der Waals surface area contributed by atoms with Crippen molar-refractivity contribution in [2.24, 2.45) is 0 Å². The number of benzene rings is 1. The lowest BCUT2D eigenvalue weighted by molar-refractivity contribution is -0.385. The Morgan fingerprint density at radius 1 is 1.48 bits per heavy atom. The summed E-state index contributed by atoms with van der Waals surface area (Å²) in [6, 6.07) is 0.976. The highest BCUT2D eigenvalue weighted by molar-refractivity contribution is 5.98. The molecule has 0 aliphatic carbocycles. The highest BCUT2D eigenvalue weighted by Crippen LogP contribution is 2.24. The van der Waals surface area contributed by atoms with Crippen molar-refractivity contribution in [3.05, 3.63) is 39.4 Å². The van der Waals surface area contributed by atoms with Crippen LogP contribution in [0.4, 0.5) is 14.5 Å². The van der Waals surface area contributed by atoms with E-state index in [1.54, 1.807) is 0 Å². The van der Waals surface area contributed by atoms with Gasteiger partial charge in [-0.15, -0.1) is 0 Å². The van der Waals surface area contributed by atoms with Crippen molar-refractivity contribution < 1.29 is 23.2 Å². The van der Waals surface area contributed by atoms with E-state index in [0.717, 1.165) is 12.8 Å². The van der Waals surface area contributed by atoms with Crippen molar-refractivity contribution in [1.29, 1.82) is 0 Å². The molecule has 1 saturated heterocycles. The highest BCUT2D eigenvalue weighted by atomic mass is 19.2. The molecule has 0 saturated carbocycles. The molecule has 1 aliphatic rings. The second-order valence-electron chi connectivity index (χ2n) is 4.86. The summed E-state index contributed by atoms with van der Waals surface area (Å²) in [5.41, 5.74) is -1.22. The lowest BCUT2D eigenvalue weighted by Crippen LogP contribution is -2.34. The van der Waals surface area contributed by atoms with E-state index in [1.165, 1.54) is 11.9 Å². The molecule has 0 radical (unpaired) electrons. The number of nitro groups is 1. The Kier molecular flexibility index (Phi) is 4.46. The first-order valence-electron chi connectivity index (χ1n) is 6.40. The average molecular weight is 300 g/mol. The Hall–Kier alpha value is -2.09. The van der Waals surface area contributed by atoms with Gasteiger partial charge in [-0.3, -0.25) is 14.9 Å². The maximum Gasteiger partial charge on any atom is 0.285 e. The first kappa shape index (κ1) is 15.3. The molecular formula is C13H14F2N2O4. The quantitative estimate of drug-likeness (QED) is 0.630. The van der Waals surface area contributed by atoms with E-state index in [-0.39, 0.29) is 12.6 Å². The molecule has 0 spiro atoms. The van der Waals surface area contributed by atoms with Crippen molar-refractivity contribution in [3.8, 4) is 0 Å². The van der Waals surface area contributed by atoms with Crippen molar-refractivity contribution in [1.82, 2.24) is 4.90 Å². The van der Waals surface area contributed by atoms with E-state index >= 15 is 0 Å². The predicted octanol–water partition coefficient (Wildman–Crippen LogP) is 2.12. The van der Waals surface area contributed by atoms with Crippen LogP contribution in [-0.2, 0) is 4.74 Å². The monoisotopic (exact) mass is 300 g/mol. The number of hydrogen-bond acceptors (Lipinski definition) is 4. The van der Waals surface area contributed by atoms with Crippen LogP contribution in [0.25, 0.3) is 0 Å². The second-order valence-corrected chi connectivity index (χ2v) is 4.86. The third-order valence-corrected chi connectivity index (χ3v) is 3.31. The maximum atomic E-state index is 13.3. The standard InChI is InChI=1S/C13H14F2N2O4/c1-16(7-8-3-2-4-21-8)13(18)9-5-10(14)11(15)6-12(9)17(19)20/h5-6,8H,2-4,7H2,1H3. The fourth-order valence-electron chi connectivity index (χ4n) is 2.24. The van der Waals surface area contributed by atoms with E-state index in [0.29, 0.717) is 18.7 Å². The molecule has 0 N–H and O–H groups in total. The lowest BCUT2D eigenvalue weighted by atomic mass is 10.1. The smallest absolute Gasteiger partial charge is 0.285 e. The molecule has 6 nitrogen and oxygen atoms in total. The number of likely N-dealkylation sites (N-methyl/N-ethyl adjacent to an activating group) is 1. The van der Waals surface area contributed by atoms with Gasteiger partial charge in [0, 0.05) is 20.2 Å². The Morgan fingerprint density at radius 3 is 2.71 bits per heavy atom.